The van der Waals surface area contributed by atoms with Gasteiger partial charge in [-0.3, -0.25) is 10.3 Å². The fourth-order valence-electron chi connectivity index (χ4n) is 7.17. The van der Waals surface area contributed by atoms with Gasteiger partial charge in [0, 0.05) is 44.4 Å². The van der Waals surface area contributed by atoms with Crippen LogP contribution >= 0.6 is 0 Å². The molecule has 0 saturated carbocycles. The average Bonchev–Trinajstić information content (AvgIpc) is 3.73. The minimum atomic E-state index is -0.311. The number of aliphatic imine (C=N–C) groups is 1. The van der Waals surface area contributed by atoms with Gasteiger partial charge in [0.2, 0.25) is 0 Å². The van der Waals surface area contributed by atoms with E-state index in [2.05, 4.69) is 113 Å². The maximum absolute atomic E-state index is 6.62. The monoisotopic (exact) mass is 620 g/mol. The lowest BCUT2D eigenvalue weighted by atomic mass is 9.98. The van der Waals surface area contributed by atoms with Crippen molar-refractivity contribution in [2.24, 2.45) is 4.99 Å². The normalized spacial score (nSPS) is 16.5. The molecule has 4 heterocycles. The van der Waals surface area contributed by atoms with Crippen molar-refractivity contribution in [2.45, 2.75) is 12.3 Å². The fraction of sp³-hybridized carbons (Fsp3) is 0.0476. The third-order valence-electron chi connectivity index (χ3n) is 9.45. The second-order valence-corrected chi connectivity index (χ2v) is 12.3. The number of hydrogen-bond donors (Lipinski definition) is 2. The zero-order valence-electron chi connectivity index (χ0n) is 25.7. The van der Waals surface area contributed by atoms with Gasteiger partial charge in [-0.1, -0.05) is 121 Å². The van der Waals surface area contributed by atoms with Crippen LogP contribution in [0.25, 0.3) is 65.8 Å². The molecule has 3 aromatic heterocycles. The number of nitrogens with zero attached hydrogens (tertiary/aromatic N) is 2. The Bertz CT molecular complexity index is 2710. The molecule has 1 aliphatic rings. The van der Waals surface area contributed by atoms with Crippen LogP contribution in [0.3, 0.4) is 0 Å². The molecule has 0 fully saturated rings. The summed E-state index contributed by atoms with van der Waals surface area (Å²) < 4.78 is 13.1. The lowest BCUT2D eigenvalue weighted by molar-refractivity contribution is 0.408. The van der Waals surface area contributed by atoms with Gasteiger partial charge in [0.1, 0.15) is 34.9 Å². The topological polar surface area (TPSA) is 75.6 Å². The summed E-state index contributed by atoms with van der Waals surface area (Å²) in [5.74, 6) is 0.734. The maximum Gasteiger partial charge on any atom is 0.154 e. The predicted molar refractivity (Wildman–Crippen MR) is 193 cm³/mol. The Morgan fingerprint density at radius 1 is 0.562 bits per heavy atom. The van der Waals surface area contributed by atoms with Crippen LogP contribution < -0.4 is 10.6 Å². The summed E-state index contributed by atoms with van der Waals surface area (Å²) in [6.45, 7) is 0. The molecule has 2 unspecified atom stereocenters. The number of benzene rings is 6. The number of furan rings is 2. The first-order valence-electron chi connectivity index (χ1n) is 16.1. The van der Waals surface area contributed by atoms with E-state index in [-0.39, 0.29) is 12.3 Å². The molecule has 0 aliphatic carbocycles. The number of rotatable bonds is 4. The van der Waals surface area contributed by atoms with Crippen LogP contribution in [0, 0.1) is 0 Å². The lowest BCUT2D eigenvalue weighted by Gasteiger charge is -2.32. The van der Waals surface area contributed by atoms with E-state index in [0.717, 1.165) is 71.9 Å². The Morgan fingerprint density at radius 3 is 2.27 bits per heavy atom. The molecule has 0 spiro atoms. The van der Waals surface area contributed by atoms with Crippen LogP contribution in [0.1, 0.15) is 29.0 Å². The number of para-hydroxylation sites is 3. The summed E-state index contributed by atoms with van der Waals surface area (Å²) in [4.78, 5) is 9.90. The molecule has 0 radical (unpaired) electrons. The second-order valence-electron chi connectivity index (χ2n) is 12.3. The first-order chi connectivity index (χ1) is 23.8. The number of hydrogen-bond acceptors (Lipinski definition) is 6. The van der Waals surface area contributed by atoms with E-state index in [1.807, 2.05) is 42.6 Å². The van der Waals surface area contributed by atoms with Gasteiger partial charge in [-0.2, -0.15) is 0 Å². The number of fused-ring (bicyclic) bond motifs is 7. The summed E-state index contributed by atoms with van der Waals surface area (Å²) in [6.07, 6.45) is 3.08. The minimum Gasteiger partial charge on any atom is -0.456 e. The van der Waals surface area contributed by atoms with E-state index < -0.39 is 0 Å². The van der Waals surface area contributed by atoms with Crippen LogP contribution in [0.2, 0.25) is 0 Å². The number of pyridine rings is 1. The first kappa shape index (κ1) is 26.9. The molecule has 6 nitrogen and oxygen atoms in total. The quantitative estimate of drug-likeness (QED) is 0.205. The van der Waals surface area contributed by atoms with Crippen molar-refractivity contribution < 1.29 is 8.83 Å². The Morgan fingerprint density at radius 2 is 1.33 bits per heavy atom. The summed E-state index contributed by atoms with van der Waals surface area (Å²) in [6, 6.07) is 46.1. The van der Waals surface area contributed by atoms with Crippen molar-refractivity contribution in [3.63, 3.8) is 0 Å². The van der Waals surface area contributed by atoms with Gasteiger partial charge in [-0.05, 0) is 34.0 Å². The first-order valence-corrected chi connectivity index (χ1v) is 16.1. The third kappa shape index (κ3) is 4.24. The molecule has 6 heteroatoms. The Labute approximate surface area is 275 Å². The molecule has 0 saturated heterocycles. The van der Waals surface area contributed by atoms with Crippen LogP contribution in [-0.4, -0.2) is 10.8 Å². The summed E-state index contributed by atoms with van der Waals surface area (Å²) in [7, 11) is 0. The van der Waals surface area contributed by atoms with Crippen molar-refractivity contribution in [3.05, 3.63) is 163 Å². The highest BCUT2D eigenvalue weighted by atomic mass is 16.3. The molecular formula is C42H28N4O2. The van der Waals surface area contributed by atoms with Gasteiger partial charge < -0.3 is 14.2 Å². The van der Waals surface area contributed by atoms with Gasteiger partial charge in [-0.15, -0.1) is 0 Å². The molecule has 2 atom stereocenters. The molecule has 228 valence electrons. The number of aromatic nitrogens is 1. The van der Waals surface area contributed by atoms with Gasteiger partial charge in [0.05, 0.1) is 6.20 Å². The van der Waals surface area contributed by atoms with E-state index >= 15 is 0 Å². The van der Waals surface area contributed by atoms with Gasteiger partial charge in [0.25, 0.3) is 0 Å². The van der Waals surface area contributed by atoms with Crippen LogP contribution in [0.5, 0.6) is 0 Å². The van der Waals surface area contributed by atoms with Gasteiger partial charge >= 0.3 is 0 Å². The molecule has 6 aromatic carbocycles. The Hall–Kier alpha value is -6.24. The Kier molecular flexibility index (Phi) is 5.98. The van der Waals surface area contributed by atoms with E-state index in [4.69, 9.17) is 13.8 Å². The molecule has 10 rings (SSSR count). The Balaban J connectivity index is 1.15. The van der Waals surface area contributed by atoms with Crippen LogP contribution in [-0.2, 0) is 0 Å². The van der Waals surface area contributed by atoms with Crippen molar-refractivity contribution >= 4 is 60.5 Å². The molecule has 2 N–H and O–H groups in total. The van der Waals surface area contributed by atoms with Crippen molar-refractivity contribution in [1.29, 1.82) is 0 Å². The SMILES string of the molecule is c1ccc(C2N=C(c3cncc4oc5c(-c6ccc7ccccc7c6)cccc5c34)NC(c3cccc4c3oc3ccccc34)N2)cc1. The molecule has 48 heavy (non-hydrogen) atoms. The molecule has 9 aromatic rings. The van der Waals surface area contributed by atoms with Gasteiger partial charge in [-0.25, -0.2) is 4.99 Å². The zero-order chi connectivity index (χ0) is 31.6. The van der Waals surface area contributed by atoms with Crippen LogP contribution in [0.15, 0.2) is 160 Å². The van der Waals surface area contributed by atoms with E-state index in [1.54, 1.807) is 6.20 Å². The summed E-state index contributed by atoms with van der Waals surface area (Å²) in [5, 5.41) is 14.0. The average molecular weight is 621 g/mol. The standard InChI is InChI=1S/C42H28N4O2/c1-2-11-26(12-3-1)40-44-41(33-18-9-16-31-30-14-6-7-19-35(30)47-39(31)33)46-42(45-40)34-23-43-24-36-37(34)32-17-8-15-29(38(32)48-36)28-21-20-25-10-4-5-13-27(25)22-28/h1-24,40-41,44H,(H,45,46). The molecular weight excluding hydrogens is 592 g/mol. The maximum atomic E-state index is 6.62. The summed E-state index contributed by atoms with van der Waals surface area (Å²) >= 11 is 0. The van der Waals surface area contributed by atoms with E-state index in [0.29, 0.717) is 5.58 Å². The van der Waals surface area contributed by atoms with E-state index in [9.17, 15) is 0 Å². The number of amidine groups is 1. The molecule has 1 aliphatic heterocycles. The van der Waals surface area contributed by atoms with E-state index in [1.165, 1.54) is 10.8 Å². The molecule has 0 amide bonds. The molecule has 0 bridgehead atoms. The minimum absolute atomic E-state index is 0.298. The predicted octanol–water partition coefficient (Wildman–Crippen LogP) is 10.0. The van der Waals surface area contributed by atoms with Crippen molar-refractivity contribution in [1.82, 2.24) is 15.6 Å². The lowest BCUT2D eigenvalue weighted by Crippen LogP contribution is -2.45. The highest BCUT2D eigenvalue weighted by Gasteiger charge is 2.29. The van der Waals surface area contributed by atoms with Crippen molar-refractivity contribution in [3.8, 4) is 11.1 Å². The highest BCUT2D eigenvalue weighted by molar-refractivity contribution is 6.19. The number of nitrogens with one attached hydrogen (secondary N) is 2. The highest BCUT2D eigenvalue weighted by Crippen LogP contribution is 2.39. The second kappa shape index (κ2) is 10.7. The summed E-state index contributed by atoms with van der Waals surface area (Å²) in [5.41, 5.74) is 8.35. The zero-order valence-corrected chi connectivity index (χ0v) is 25.7. The smallest absolute Gasteiger partial charge is 0.154 e. The fourth-order valence-corrected chi connectivity index (χ4v) is 7.17. The third-order valence-corrected chi connectivity index (χ3v) is 9.45. The van der Waals surface area contributed by atoms with Crippen LogP contribution in [0.4, 0.5) is 0 Å². The van der Waals surface area contributed by atoms with Gasteiger partial charge in [0.15, 0.2) is 5.58 Å². The largest absolute Gasteiger partial charge is 0.456 e. The van der Waals surface area contributed by atoms with Crippen molar-refractivity contribution in [2.75, 3.05) is 0 Å².